The van der Waals surface area contributed by atoms with Gasteiger partial charge in [-0.25, -0.2) is 13.2 Å². The highest BCUT2D eigenvalue weighted by molar-refractivity contribution is 7.89. The second-order valence-electron chi connectivity index (χ2n) is 5.23. The van der Waals surface area contributed by atoms with Crippen molar-refractivity contribution in [3.8, 4) is 12.3 Å². The van der Waals surface area contributed by atoms with Gasteiger partial charge < -0.3 is 5.11 Å². The molecule has 5 nitrogen and oxygen atoms in total. The van der Waals surface area contributed by atoms with Crippen molar-refractivity contribution in [1.29, 1.82) is 0 Å². The Hall–Kier alpha value is -1.84. The molecule has 1 aromatic carbocycles. The number of carboxylic acid groups (broad SMARTS) is 1. The fourth-order valence-electron chi connectivity index (χ4n) is 2.08. The van der Waals surface area contributed by atoms with Crippen LogP contribution in [0.2, 0.25) is 0 Å². The Balaban J connectivity index is 2.39. The molecule has 21 heavy (non-hydrogen) atoms. The number of hydrogen-bond donors (Lipinski definition) is 1. The van der Waals surface area contributed by atoms with Crippen LogP contribution in [0.25, 0.3) is 0 Å². The molecule has 0 atom stereocenters. The first-order valence-electron chi connectivity index (χ1n) is 6.64. The minimum absolute atomic E-state index is 0.00485. The highest BCUT2D eigenvalue weighted by Crippen LogP contribution is 2.31. The molecule has 0 saturated heterocycles. The molecule has 6 heteroatoms. The first-order chi connectivity index (χ1) is 9.86. The SMILES string of the molecule is C#CCN(CC1CC1)S(=O)(=O)c1ccc(C)c(C(=O)O)c1. The molecule has 0 bridgehead atoms. The van der Waals surface area contributed by atoms with Gasteiger partial charge >= 0.3 is 5.97 Å². The van der Waals surface area contributed by atoms with E-state index in [0.717, 1.165) is 12.8 Å². The van der Waals surface area contributed by atoms with Crippen LogP contribution in [0.1, 0.15) is 28.8 Å². The third-order valence-electron chi connectivity index (χ3n) is 3.50. The Kier molecular flexibility index (Phi) is 4.35. The number of terminal acetylenes is 1. The molecule has 1 fully saturated rings. The van der Waals surface area contributed by atoms with Gasteiger partial charge in [-0.3, -0.25) is 0 Å². The lowest BCUT2D eigenvalue weighted by atomic mass is 10.1. The Morgan fingerprint density at radius 1 is 1.48 bits per heavy atom. The Morgan fingerprint density at radius 3 is 2.67 bits per heavy atom. The van der Waals surface area contributed by atoms with Crippen molar-refractivity contribution in [3.63, 3.8) is 0 Å². The zero-order chi connectivity index (χ0) is 15.6. The number of aryl methyl sites for hydroxylation is 1. The fourth-order valence-corrected chi connectivity index (χ4v) is 3.54. The van der Waals surface area contributed by atoms with E-state index in [2.05, 4.69) is 5.92 Å². The van der Waals surface area contributed by atoms with E-state index in [4.69, 9.17) is 11.5 Å². The molecule has 0 amide bonds. The lowest BCUT2D eigenvalue weighted by Crippen LogP contribution is -2.33. The van der Waals surface area contributed by atoms with Gasteiger partial charge in [0.25, 0.3) is 0 Å². The number of benzene rings is 1. The molecule has 0 heterocycles. The maximum absolute atomic E-state index is 12.6. The van der Waals surface area contributed by atoms with E-state index in [1.807, 2.05) is 0 Å². The van der Waals surface area contributed by atoms with Crippen LogP contribution in [0.4, 0.5) is 0 Å². The molecule has 0 spiro atoms. The van der Waals surface area contributed by atoms with Gasteiger partial charge in [-0.1, -0.05) is 12.0 Å². The van der Waals surface area contributed by atoms with Crippen molar-refractivity contribution in [2.75, 3.05) is 13.1 Å². The molecule has 1 aliphatic rings. The van der Waals surface area contributed by atoms with Crippen LogP contribution >= 0.6 is 0 Å². The quantitative estimate of drug-likeness (QED) is 0.812. The first kappa shape index (κ1) is 15.5. The van der Waals surface area contributed by atoms with Gasteiger partial charge in [0.2, 0.25) is 10.0 Å². The van der Waals surface area contributed by atoms with Crippen LogP contribution in [-0.2, 0) is 10.0 Å². The van der Waals surface area contributed by atoms with Crippen molar-refractivity contribution in [2.24, 2.45) is 5.92 Å². The van der Waals surface area contributed by atoms with Crippen molar-refractivity contribution < 1.29 is 18.3 Å². The van der Waals surface area contributed by atoms with Crippen LogP contribution in [-0.4, -0.2) is 36.9 Å². The molecule has 112 valence electrons. The third-order valence-corrected chi connectivity index (χ3v) is 5.31. The molecule has 2 rings (SSSR count). The summed E-state index contributed by atoms with van der Waals surface area (Å²) >= 11 is 0. The number of nitrogens with zero attached hydrogens (tertiary/aromatic N) is 1. The van der Waals surface area contributed by atoms with Crippen LogP contribution < -0.4 is 0 Å². The number of carboxylic acids is 1. The first-order valence-corrected chi connectivity index (χ1v) is 8.08. The minimum atomic E-state index is -3.76. The standard InChI is InChI=1S/C15H17NO4S/c1-3-8-16(10-12-5-6-12)21(19,20)13-7-4-11(2)14(9-13)15(17)18/h1,4,7,9,12H,5-6,8,10H2,2H3,(H,17,18). The van der Waals surface area contributed by atoms with Crippen LogP contribution in [0.15, 0.2) is 23.1 Å². The predicted molar refractivity (Wildman–Crippen MR) is 78.5 cm³/mol. The number of carbonyl (C=O) groups is 1. The van der Waals surface area contributed by atoms with Gasteiger partial charge in [0.05, 0.1) is 17.0 Å². The highest BCUT2D eigenvalue weighted by atomic mass is 32.2. The average Bonchev–Trinajstić information content (AvgIpc) is 3.22. The van der Waals surface area contributed by atoms with Crippen LogP contribution in [0.5, 0.6) is 0 Å². The van der Waals surface area contributed by atoms with E-state index in [0.29, 0.717) is 18.0 Å². The van der Waals surface area contributed by atoms with Gasteiger partial charge in [-0.15, -0.1) is 6.42 Å². The summed E-state index contributed by atoms with van der Waals surface area (Å²) in [5.41, 5.74) is 0.510. The maximum atomic E-state index is 12.6. The van der Waals surface area contributed by atoms with E-state index >= 15 is 0 Å². The molecule has 1 aromatic rings. The number of sulfonamides is 1. The van der Waals surface area contributed by atoms with Crippen molar-refractivity contribution in [3.05, 3.63) is 29.3 Å². The predicted octanol–water partition coefficient (Wildman–Crippen LogP) is 1.73. The van der Waals surface area contributed by atoms with Gasteiger partial charge in [-0.05, 0) is 43.4 Å². The van der Waals surface area contributed by atoms with E-state index in [1.165, 1.54) is 22.5 Å². The number of rotatable bonds is 6. The molecule has 0 unspecified atom stereocenters. The second kappa shape index (κ2) is 5.88. The summed E-state index contributed by atoms with van der Waals surface area (Å²) in [7, 11) is -3.76. The molecule has 1 N–H and O–H groups in total. The molecule has 0 aliphatic heterocycles. The summed E-state index contributed by atoms with van der Waals surface area (Å²) in [4.78, 5) is 11.1. The normalized spacial score (nSPS) is 14.9. The number of hydrogen-bond acceptors (Lipinski definition) is 3. The molecule has 1 saturated carbocycles. The van der Waals surface area contributed by atoms with Crippen LogP contribution in [0.3, 0.4) is 0 Å². The van der Waals surface area contributed by atoms with Gasteiger partial charge in [0, 0.05) is 6.54 Å². The van der Waals surface area contributed by atoms with Crippen LogP contribution in [0, 0.1) is 25.2 Å². The Labute approximate surface area is 124 Å². The Morgan fingerprint density at radius 2 is 2.14 bits per heavy atom. The lowest BCUT2D eigenvalue weighted by molar-refractivity contribution is 0.0696. The van der Waals surface area contributed by atoms with Crippen molar-refractivity contribution >= 4 is 16.0 Å². The Bertz CT molecular complexity index is 699. The second-order valence-corrected chi connectivity index (χ2v) is 7.16. The van der Waals surface area contributed by atoms with Crippen molar-refractivity contribution in [2.45, 2.75) is 24.7 Å². The molecule has 0 aromatic heterocycles. The number of aromatic carboxylic acids is 1. The molecule has 1 aliphatic carbocycles. The zero-order valence-corrected chi connectivity index (χ0v) is 12.6. The molecular formula is C15H17NO4S. The summed E-state index contributed by atoms with van der Waals surface area (Å²) in [6, 6.07) is 4.12. The molecule has 0 radical (unpaired) electrons. The summed E-state index contributed by atoms with van der Waals surface area (Å²) in [5, 5.41) is 9.11. The fraction of sp³-hybridized carbons (Fsp3) is 0.400. The third kappa shape index (κ3) is 3.43. The van der Waals surface area contributed by atoms with Gasteiger partial charge in [0.1, 0.15) is 0 Å². The largest absolute Gasteiger partial charge is 0.478 e. The average molecular weight is 307 g/mol. The topological polar surface area (TPSA) is 74.7 Å². The van der Waals surface area contributed by atoms with E-state index < -0.39 is 16.0 Å². The summed E-state index contributed by atoms with van der Waals surface area (Å²) in [6.07, 6.45) is 7.26. The highest BCUT2D eigenvalue weighted by Gasteiger charge is 2.31. The van der Waals surface area contributed by atoms with E-state index in [1.54, 1.807) is 6.92 Å². The summed E-state index contributed by atoms with van der Waals surface area (Å²) < 4.78 is 26.5. The monoisotopic (exact) mass is 307 g/mol. The van der Waals surface area contributed by atoms with E-state index in [-0.39, 0.29) is 17.0 Å². The maximum Gasteiger partial charge on any atom is 0.335 e. The van der Waals surface area contributed by atoms with E-state index in [9.17, 15) is 13.2 Å². The summed E-state index contributed by atoms with van der Waals surface area (Å²) in [6.45, 7) is 2.02. The molecular weight excluding hydrogens is 290 g/mol. The zero-order valence-electron chi connectivity index (χ0n) is 11.7. The van der Waals surface area contributed by atoms with Gasteiger partial charge in [0.15, 0.2) is 0 Å². The van der Waals surface area contributed by atoms with Crippen molar-refractivity contribution in [1.82, 2.24) is 4.31 Å². The smallest absolute Gasteiger partial charge is 0.335 e. The minimum Gasteiger partial charge on any atom is -0.478 e. The summed E-state index contributed by atoms with van der Waals surface area (Å²) in [5.74, 6) is 1.57. The lowest BCUT2D eigenvalue weighted by Gasteiger charge is -2.20. The van der Waals surface area contributed by atoms with Gasteiger partial charge in [-0.2, -0.15) is 4.31 Å².